The number of aromatic nitrogens is 1. The summed E-state index contributed by atoms with van der Waals surface area (Å²) < 4.78 is 5.19. The lowest BCUT2D eigenvalue weighted by molar-refractivity contribution is 0.0522. The molecule has 1 rings (SSSR count). The molecule has 0 aromatic carbocycles. The Labute approximate surface area is 118 Å². The monoisotopic (exact) mass is 285 g/mol. The van der Waals surface area contributed by atoms with Crippen molar-refractivity contribution in [3.05, 3.63) is 16.6 Å². The molecule has 1 unspecified atom stereocenters. The maximum absolute atomic E-state index is 11.5. The number of hydrogen-bond donors (Lipinski definition) is 2. The van der Waals surface area contributed by atoms with Crippen molar-refractivity contribution >= 4 is 17.4 Å². The molecule has 0 aliphatic heterocycles. The first-order valence-electron chi connectivity index (χ1n) is 6.49. The van der Waals surface area contributed by atoms with Gasteiger partial charge in [0.05, 0.1) is 0 Å². The number of ether oxygens (including phenoxy) is 1. The van der Waals surface area contributed by atoms with E-state index in [2.05, 4.69) is 22.5 Å². The second-order valence-corrected chi connectivity index (χ2v) is 6.27. The van der Waals surface area contributed by atoms with E-state index >= 15 is 0 Å². The zero-order chi connectivity index (χ0) is 14.3. The van der Waals surface area contributed by atoms with Crippen molar-refractivity contribution in [1.29, 1.82) is 0 Å². The highest BCUT2D eigenvalue weighted by atomic mass is 32.1. The van der Waals surface area contributed by atoms with Gasteiger partial charge in [0.25, 0.3) is 0 Å². The summed E-state index contributed by atoms with van der Waals surface area (Å²) in [7, 11) is 0. The van der Waals surface area contributed by atoms with Crippen molar-refractivity contribution in [2.45, 2.75) is 52.3 Å². The minimum atomic E-state index is -0.458. The highest BCUT2D eigenvalue weighted by molar-refractivity contribution is 7.09. The van der Waals surface area contributed by atoms with Crippen LogP contribution in [0, 0.1) is 0 Å². The zero-order valence-electron chi connectivity index (χ0n) is 12.0. The first kappa shape index (κ1) is 15.9. The van der Waals surface area contributed by atoms with Crippen LogP contribution in [0.1, 0.15) is 39.1 Å². The van der Waals surface area contributed by atoms with Crippen molar-refractivity contribution in [2.75, 3.05) is 6.54 Å². The van der Waals surface area contributed by atoms with E-state index in [9.17, 15) is 4.79 Å². The smallest absolute Gasteiger partial charge is 0.407 e. The average Bonchev–Trinajstić information content (AvgIpc) is 2.80. The summed E-state index contributed by atoms with van der Waals surface area (Å²) in [5.74, 6) is 0. The van der Waals surface area contributed by atoms with Crippen LogP contribution in [0.25, 0.3) is 0 Å². The molecular weight excluding hydrogens is 262 g/mol. The predicted molar refractivity (Wildman–Crippen MR) is 77.3 cm³/mol. The second-order valence-electron chi connectivity index (χ2n) is 5.29. The van der Waals surface area contributed by atoms with Crippen LogP contribution in [0.4, 0.5) is 4.79 Å². The van der Waals surface area contributed by atoms with Crippen LogP contribution in [0.15, 0.2) is 11.6 Å². The van der Waals surface area contributed by atoms with E-state index in [0.29, 0.717) is 6.54 Å². The van der Waals surface area contributed by atoms with Crippen LogP contribution < -0.4 is 10.6 Å². The highest BCUT2D eigenvalue weighted by Gasteiger charge is 2.16. The van der Waals surface area contributed by atoms with Gasteiger partial charge in [0.2, 0.25) is 0 Å². The molecule has 0 aliphatic carbocycles. The molecule has 0 bridgehead atoms. The van der Waals surface area contributed by atoms with Gasteiger partial charge >= 0.3 is 6.09 Å². The summed E-state index contributed by atoms with van der Waals surface area (Å²) in [5.41, 5.74) is -0.458. The Morgan fingerprint density at radius 1 is 1.53 bits per heavy atom. The molecule has 108 valence electrons. The molecule has 0 spiro atoms. The molecule has 1 aromatic rings. The van der Waals surface area contributed by atoms with Crippen LogP contribution in [-0.2, 0) is 11.3 Å². The van der Waals surface area contributed by atoms with Crippen LogP contribution in [0.2, 0.25) is 0 Å². The summed E-state index contributed by atoms with van der Waals surface area (Å²) >= 11 is 1.62. The van der Waals surface area contributed by atoms with Gasteiger partial charge in [-0.2, -0.15) is 0 Å². The third-order valence-corrected chi connectivity index (χ3v) is 3.19. The maximum Gasteiger partial charge on any atom is 0.407 e. The fourth-order valence-electron chi connectivity index (χ4n) is 1.45. The minimum Gasteiger partial charge on any atom is -0.444 e. The fraction of sp³-hybridized carbons (Fsp3) is 0.692. The Bertz CT molecular complexity index is 374. The zero-order valence-corrected chi connectivity index (χ0v) is 12.8. The van der Waals surface area contributed by atoms with Gasteiger partial charge in [-0.15, -0.1) is 11.3 Å². The van der Waals surface area contributed by atoms with Gasteiger partial charge in [-0.3, -0.25) is 0 Å². The lowest BCUT2D eigenvalue weighted by Gasteiger charge is -2.22. The van der Waals surface area contributed by atoms with Crippen LogP contribution in [0.3, 0.4) is 0 Å². The molecule has 0 aliphatic rings. The molecule has 5 nitrogen and oxygen atoms in total. The van der Waals surface area contributed by atoms with Crippen LogP contribution in [-0.4, -0.2) is 29.3 Å². The molecule has 0 fully saturated rings. The molecule has 1 aromatic heterocycles. The van der Waals surface area contributed by atoms with E-state index in [1.807, 2.05) is 26.2 Å². The molecule has 19 heavy (non-hydrogen) atoms. The first-order chi connectivity index (χ1) is 8.90. The summed E-state index contributed by atoms with van der Waals surface area (Å²) in [6, 6.07) is 0.219. The van der Waals surface area contributed by atoms with E-state index in [-0.39, 0.29) is 12.1 Å². The number of nitrogens with one attached hydrogen (secondary N) is 2. The SMILES string of the molecule is CCC(CNC(=O)OC(C)(C)C)NCc1nccs1. The van der Waals surface area contributed by atoms with Crippen molar-refractivity contribution in [3.63, 3.8) is 0 Å². The quantitative estimate of drug-likeness (QED) is 0.843. The Balaban J connectivity index is 2.26. The standard InChI is InChI=1S/C13H23N3O2S/c1-5-10(15-9-11-14-6-7-19-11)8-16-12(17)18-13(2,3)4/h6-7,10,15H,5,8-9H2,1-4H3,(H,16,17). The summed E-state index contributed by atoms with van der Waals surface area (Å²) in [6.07, 6.45) is 2.35. The lowest BCUT2D eigenvalue weighted by atomic mass is 10.2. The number of alkyl carbamates (subject to hydrolysis) is 1. The number of nitrogens with zero attached hydrogens (tertiary/aromatic N) is 1. The van der Waals surface area contributed by atoms with E-state index in [4.69, 9.17) is 4.74 Å². The van der Waals surface area contributed by atoms with Gasteiger partial charge in [0.1, 0.15) is 10.6 Å². The summed E-state index contributed by atoms with van der Waals surface area (Å²) in [4.78, 5) is 15.8. The highest BCUT2D eigenvalue weighted by Crippen LogP contribution is 2.07. The van der Waals surface area contributed by atoms with E-state index in [0.717, 1.165) is 18.0 Å². The van der Waals surface area contributed by atoms with Gasteiger partial charge in [0.15, 0.2) is 0 Å². The average molecular weight is 285 g/mol. The van der Waals surface area contributed by atoms with Gasteiger partial charge in [-0.25, -0.2) is 9.78 Å². The Morgan fingerprint density at radius 2 is 2.26 bits per heavy atom. The van der Waals surface area contributed by atoms with Gasteiger partial charge in [0, 0.05) is 30.7 Å². The van der Waals surface area contributed by atoms with E-state index in [1.165, 1.54) is 0 Å². The van der Waals surface area contributed by atoms with Crippen LogP contribution >= 0.6 is 11.3 Å². The van der Waals surface area contributed by atoms with E-state index in [1.54, 1.807) is 17.5 Å². The normalized spacial score (nSPS) is 13.1. The van der Waals surface area contributed by atoms with Gasteiger partial charge in [-0.1, -0.05) is 6.92 Å². The number of rotatable bonds is 6. The minimum absolute atomic E-state index is 0.219. The molecule has 1 heterocycles. The van der Waals surface area contributed by atoms with Gasteiger partial charge in [-0.05, 0) is 27.2 Å². The third kappa shape index (κ3) is 7.12. The van der Waals surface area contributed by atoms with Crippen molar-refractivity contribution < 1.29 is 9.53 Å². The van der Waals surface area contributed by atoms with Crippen molar-refractivity contribution in [2.24, 2.45) is 0 Å². The maximum atomic E-state index is 11.5. The predicted octanol–water partition coefficient (Wildman–Crippen LogP) is 2.54. The third-order valence-electron chi connectivity index (χ3n) is 2.41. The van der Waals surface area contributed by atoms with Gasteiger partial charge < -0.3 is 15.4 Å². The molecule has 6 heteroatoms. The van der Waals surface area contributed by atoms with Crippen LogP contribution in [0.5, 0.6) is 0 Å². The second kappa shape index (κ2) is 7.45. The Kier molecular flexibility index (Phi) is 6.24. The first-order valence-corrected chi connectivity index (χ1v) is 7.37. The van der Waals surface area contributed by atoms with Crippen molar-refractivity contribution in [3.8, 4) is 0 Å². The molecular formula is C13H23N3O2S. The summed E-state index contributed by atoms with van der Waals surface area (Å²) in [5, 5.41) is 9.15. The number of hydrogen-bond acceptors (Lipinski definition) is 5. The Hall–Kier alpha value is -1.14. The number of amides is 1. The molecule has 0 saturated carbocycles. The molecule has 0 saturated heterocycles. The Morgan fingerprint density at radius 3 is 2.79 bits per heavy atom. The largest absolute Gasteiger partial charge is 0.444 e. The molecule has 1 amide bonds. The molecule has 2 N–H and O–H groups in total. The van der Waals surface area contributed by atoms with Crippen molar-refractivity contribution in [1.82, 2.24) is 15.6 Å². The number of carbonyl (C=O) groups excluding carboxylic acids is 1. The number of thiazole rings is 1. The lowest BCUT2D eigenvalue weighted by Crippen LogP contribution is -2.42. The fourth-order valence-corrected chi connectivity index (χ4v) is 2.02. The molecule has 0 radical (unpaired) electrons. The molecule has 1 atom stereocenters. The summed E-state index contributed by atoms with van der Waals surface area (Å²) in [6.45, 7) is 8.92. The number of carbonyl (C=O) groups is 1. The topological polar surface area (TPSA) is 63.2 Å². The van der Waals surface area contributed by atoms with E-state index < -0.39 is 5.60 Å².